The molecule has 2 saturated heterocycles. The summed E-state index contributed by atoms with van der Waals surface area (Å²) < 4.78 is 11.8. The Morgan fingerprint density at radius 3 is 2.66 bits per heavy atom. The van der Waals surface area contributed by atoms with Crippen molar-refractivity contribution in [3.8, 4) is 11.5 Å². The molecule has 0 bridgehead atoms. The third-order valence-corrected chi connectivity index (χ3v) is 6.77. The van der Waals surface area contributed by atoms with Crippen LogP contribution in [-0.4, -0.2) is 85.2 Å². The van der Waals surface area contributed by atoms with Gasteiger partial charge in [0.1, 0.15) is 5.82 Å². The lowest BCUT2D eigenvalue weighted by Gasteiger charge is -2.30. The second-order valence-corrected chi connectivity index (χ2v) is 9.40. The summed E-state index contributed by atoms with van der Waals surface area (Å²) in [6.45, 7) is 9.87. The summed E-state index contributed by atoms with van der Waals surface area (Å²) in [5.74, 6) is 2.38. The number of carbonyl (C=O) groups is 1. The molecule has 2 aliphatic rings. The molecule has 35 heavy (non-hydrogen) atoms. The van der Waals surface area contributed by atoms with E-state index in [0.717, 1.165) is 55.6 Å². The van der Waals surface area contributed by atoms with Gasteiger partial charge in [-0.1, -0.05) is 6.58 Å². The van der Waals surface area contributed by atoms with Crippen LogP contribution in [0.3, 0.4) is 0 Å². The molecule has 0 aliphatic carbocycles. The molecule has 3 heterocycles. The molecular weight excluding hydrogens is 444 g/mol. The Balaban J connectivity index is 1.56. The van der Waals surface area contributed by atoms with Gasteiger partial charge in [0.25, 0.3) is 0 Å². The normalized spacial score (nSPS) is 17.4. The first-order valence-electron chi connectivity index (χ1n) is 12.6. The Kier molecular flexibility index (Phi) is 8.76. The first-order valence-corrected chi connectivity index (χ1v) is 12.6. The molecule has 190 valence electrons. The number of aromatic nitrogens is 2. The standard InChI is InChI=1S/C26H38N6O3/c1-4-25(33)27-18-24-29-21-17-23(35-15-7-12-32-10-5-6-11-32)22(34-3)16-20(21)26(30-24)28-19-8-13-31(2)14-9-19/h4,16-17,19H,1,5-15,18H2,2-3H3,(H,27,33)(H,28,29,30). The number of benzene rings is 1. The summed E-state index contributed by atoms with van der Waals surface area (Å²) in [6.07, 6.45) is 6.88. The number of anilines is 1. The van der Waals surface area contributed by atoms with Crippen LogP contribution in [0.5, 0.6) is 11.5 Å². The van der Waals surface area contributed by atoms with Crippen molar-refractivity contribution in [2.45, 2.75) is 44.7 Å². The predicted octanol–water partition coefficient (Wildman–Crippen LogP) is 2.81. The van der Waals surface area contributed by atoms with Gasteiger partial charge in [-0.25, -0.2) is 9.97 Å². The van der Waals surface area contributed by atoms with Gasteiger partial charge in [-0.3, -0.25) is 4.79 Å². The third kappa shape index (κ3) is 6.82. The molecule has 1 amide bonds. The highest BCUT2D eigenvalue weighted by Crippen LogP contribution is 2.35. The Bertz CT molecular complexity index is 1020. The van der Waals surface area contributed by atoms with E-state index in [1.54, 1.807) is 7.11 Å². The van der Waals surface area contributed by atoms with Crippen LogP contribution in [0.25, 0.3) is 10.9 Å². The lowest BCUT2D eigenvalue weighted by Crippen LogP contribution is -2.37. The van der Waals surface area contributed by atoms with Crippen molar-refractivity contribution in [3.05, 3.63) is 30.6 Å². The van der Waals surface area contributed by atoms with Gasteiger partial charge in [0.15, 0.2) is 17.3 Å². The Hall–Kier alpha value is -2.91. The number of ether oxygens (including phenoxy) is 2. The summed E-state index contributed by atoms with van der Waals surface area (Å²) in [7, 11) is 3.80. The molecule has 2 fully saturated rings. The minimum atomic E-state index is -0.254. The quantitative estimate of drug-likeness (QED) is 0.373. The highest BCUT2D eigenvalue weighted by atomic mass is 16.5. The fourth-order valence-electron chi connectivity index (χ4n) is 4.71. The summed E-state index contributed by atoms with van der Waals surface area (Å²) in [6, 6.07) is 4.20. The maximum Gasteiger partial charge on any atom is 0.243 e. The lowest BCUT2D eigenvalue weighted by molar-refractivity contribution is -0.116. The number of hydrogen-bond donors (Lipinski definition) is 2. The number of hydrogen-bond acceptors (Lipinski definition) is 8. The van der Waals surface area contributed by atoms with E-state index < -0.39 is 0 Å². The number of piperidine rings is 1. The smallest absolute Gasteiger partial charge is 0.243 e. The van der Waals surface area contributed by atoms with Crippen molar-refractivity contribution < 1.29 is 14.3 Å². The fourth-order valence-corrected chi connectivity index (χ4v) is 4.71. The van der Waals surface area contributed by atoms with Gasteiger partial charge in [0.05, 0.1) is 25.8 Å². The molecule has 0 atom stereocenters. The SMILES string of the molecule is C=CC(=O)NCc1nc(NC2CCN(C)CC2)c2cc(OC)c(OCCCN3CCCC3)cc2n1. The molecule has 9 heteroatoms. The topological polar surface area (TPSA) is 91.9 Å². The number of fused-ring (bicyclic) bond motifs is 1. The van der Waals surface area contributed by atoms with Crippen molar-refractivity contribution in [1.29, 1.82) is 0 Å². The van der Waals surface area contributed by atoms with Gasteiger partial charge in [0, 0.05) is 24.0 Å². The number of nitrogens with zero attached hydrogens (tertiary/aromatic N) is 4. The van der Waals surface area contributed by atoms with Crippen LogP contribution < -0.4 is 20.1 Å². The molecule has 0 radical (unpaired) electrons. The van der Waals surface area contributed by atoms with Crippen molar-refractivity contribution in [3.63, 3.8) is 0 Å². The van der Waals surface area contributed by atoms with Crippen molar-refractivity contribution in [2.24, 2.45) is 0 Å². The Morgan fingerprint density at radius 2 is 1.94 bits per heavy atom. The number of methoxy groups -OCH3 is 1. The number of carbonyl (C=O) groups excluding carboxylic acids is 1. The molecule has 2 N–H and O–H groups in total. The van der Waals surface area contributed by atoms with Crippen LogP contribution in [0.15, 0.2) is 24.8 Å². The van der Waals surface area contributed by atoms with E-state index in [1.165, 1.54) is 32.0 Å². The average molecular weight is 483 g/mol. The van der Waals surface area contributed by atoms with E-state index >= 15 is 0 Å². The zero-order valence-electron chi connectivity index (χ0n) is 21.0. The van der Waals surface area contributed by atoms with Crippen molar-refractivity contribution in [1.82, 2.24) is 25.1 Å². The molecule has 1 aromatic carbocycles. The van der Waals surface area contributed by atoms with Crippen LogP contribution in [0, 0.1) is 0 Å². The number of likely N-dealkylation sites (tertiary alicyclic amines) is 2. The maximum absolute atomic E-state index is 11.7. The van der Waals surface area contributed by atoms with Gasteiger partial charge in [-0.15, -0.1) is 0 Å². The molecule has 0 spiro atoms. The van der Waals surface area contributed by atoms with E-state index in [4.69, 9.17) is 19.4 Å². The second-order valence-electron chi connectivity index (χ2n) is 9.40. The zero-order valence-corrected chi connectivity index (χ0v) is 21.0. The van der Waals surface area contributed by atoms with Crippen LogP contribution in [0.2, 0.25) is 0 Å². The van der Waals surface area contributed by atoms with Crippen molar-refractivity contribution >= 4 is 22.6 Å². The third-order valence-electron chi connectivity index (χ3n) is 6.77. The summed E-state index contributed by atoms with van der Waals surface area (Å²) in [5.41, 5.74) is 0.758. The van der Waals surface area contributed by atoms with Gasteiger partial charge in [0.2, 0.25) is 5.91 Å². The molecule has 2 aromatic rings. The van der Waals surface area contributed by atoms with Crippen molar-refractivity contribution in [2.75, 3.05) is 58.8 Å². The second kappa shape index (κ2) is 12.2. The monoisotopic (exact) mass is 482 g/mol. The van der Waals surface area contributed by atoms with Crippen LogP contribution in [0.4, 0.5) is 5.82 Å². The number of nitrogens with one attached hydrogen (secondary N) is 2. The lowest BCUT2D eigenvalue weighted by atomic mass is 10.1. The number of amides is 1. The fraction of sp³-hybridized carbons (Fsp3) is 0.577. The van der Waals surface area contributed by atoms with E-state index in [-0.39, 0.29) is 12.5 Å². The van der Waals surface area contributed by atoms with Gasteiger partial charge in [-0.2, -0.15) is 0 Å². The molecule has 9 nitrogen and oxygen atoms in total. The maximum atomic E-state index is 11.7. The Labute approximate surface area is 207 Å². The van der Waals surface area contributed by atoms with Crippen LogP contribution in [0.1, 0.15) is 37.9 Å². The molecule has 0 unspecified atom stereocenters. The number of rotatable bonds is 11. The molecular formula is C26H38N6O3. The van der Waals surface area contributed by atoms with E-state index in [1.807, 2.05) is 12.1 Å². The van der Waals surface area contributed by atoms with Gasteiger partial charge >= 0.3 is 0 Å². The minimum absolute atomic E-state index is 0.223. The molecule has 0 saturated carbocycles. The molecule has 1 aromatic heterocycles. The first kappa shape index (κ1) is 25.2. The average Bonchev–Trinajstić information content (AvgIpc) is 3.39. The summed E-state index contributed by atoms with van der Waals surface area (Å²) in [4.78, 5) is 26.0. The van der Waals surface area contributed by atoms with Crippen LogP contribution in [-0.2, 0) is 11.3 Å². The first-order chi connectivity index (χ1) is 17.1. The largest absolute Gasteiger partial charge is 0.493 e. The molecule has 2 aliphatic heterocycles. The van der Waals surface area contributed by atoms with Gasteiger partial charge < -0.3 is 29.9 Å². The minimum Gasteiger partial charge on any atom is -0.493 e. The highest BCUT2D eigenvalue weighted by Gasteiger charge is 2.20. The summed E-state index contributed by atoms with van der Waals surface area (Å²) in [5, 5.41) is 7.29. The summed E-state index contributed by atoms with van der Waals surface area (Å²) >= 11 is 0. The Morgan fingerprint density at radius 1 is 1.17 bits per heavy atom. The molecule has 4 rings (SSSR count). The predicted molar refractivity (Wildman–Crippen MR) is 138 cm³/mol. The zero-order chi connectivity index (χ0) is 24.6. The van der Waals surface area contributed by atoms with E-state index in [2.05, 4.69) is 34.1 Å². The van der Waals surface area contributed by atoms with E-state index in [9.17, 15) is 4.79 Å². The van der Waals surface area contributed by atoms with E-state index in [0.29, 0.717) is 30.0 Å². The van der Waals surface area contributed by atoms with Gasteiger partial charge in [-0.05, 0) is 77.5 Å². The van der Waals surface area contributed by atoms with Crippen LogP contribution >= 0.6 is 0 Å². The highest BCUT2D eigenvalue weighted by molar-refractivity contribution is 5.92.